The molecule has 0 amide bonds. The maximum atomic E-state index is 13.1. The van der Waals surface area contributed by atoms with Crippen molar-refractivity contribution in [1.82, 2.24) is 14.1 Å². The Morgan fingerprint density at radius 1 is 1.21 bits per heavy atom. The van der Waals surface area contributed by atoms with Crippen molar-refractivity contribution in [3.8, 4) is 5.75 Å². The van der Waals surface area contributed by atoms with Crippen molar-refractivity contribution in [1.29, 1.82) is 0 Å². The maximum absolute atomic E-state index is 13.1. The molecule has 2 heterocycles. The van der Waals surface area contributed by atoms with Gasteiger partial charge in [0.25, 0.3) is 0 Å². The highest BCUT2D eigenvalue weighted by Gasteiger charge is 2.29. The fourth-order valence-corrected chi connectivity index (χ4v) is 4.76. The number of hydrogen-bond donors (Lipinski definition) is 0. The van der Waals surface area contributed by atoms with Crippen molar-refractivity contribution < 1.29 is 17.6 Å². The van der Waals surface area contributed by atoms with E-state index >= 15 is 0 Å². The monoisotopic (exact) mass is 403 g/mol. The van der Waals surface area contributed by atoms with Crippen LogP contribution in [0.15, 0.2) is 45.9 Å². The summed E-state index contributed by atoms with van der Waals surface area (Å²) in [6, 6.07) is 9.39. The molecule has 0 bridgehead atoms. The zero-order chi connectivity index (χ0) is 20.5. The Labute approximate surface area is 165 Å². The second-order valence-electron chi connectivity index (χ2n) is 6.81. The summed E-state index contributed by atoms with van der Waals surface area (Å²) in [4.78, 5) is 0.230. The number of aryl methyl sites for hydroxylation is 2. The standard InChI is InChI=1S/C20H25N3O4S/c1-14-8-9-19(26-5)17(11-14)12-23-16(3)20(15(2)21-23)28(24,25)22(4)13-18-7-6-10-27-18/h6-11H,12-13H2,1-5H3. The van der Waals surface area contributed by atoms with E-state index < -0.39 is 10.0 Å². The van der Waals surface area contributed by atoms with Crippen LogP contribution in [-0.2, 0) is 23.1 Å². The largest absolute Gasteiger partial charge is 0.496 e. The summed E-state index contributed by atoms with van der Waals surface area (Å²) in [5.74, 6) is 1.33. The highest BCUT2D eigenvalue weighted by atomic mass is 32.2. The predicted molar refractivity (Wildman–Crippen MR) is 106 cm³/mol. The number of aromatic nitrogens is 2. The van der Waals surface area contributed by atoms with E-state index in [2.05, 4.69) is 5.10 Å². The molecule has 1 aromatic carbocycles. The first-order valence-electron chi connectivity index (χ1n) is 8.90. The lowest BCUT2D eigenvalue weighted by atomic mass is 10.1. The summed E-state index contributed by atoms with van der Waals surface area (Å²) in [6.07, 6.45) is 1.53. The predicted octanol–water partition coefficient (Wildman–Crippen LogP) is 3.28. The van der Waals surface area contributed by atoms with Gasteiger partial charge in [0.1, 0.15) is 16.4 Å². The fourth-order valence-electron chi connectivity index (χ4n) is 3.26. The van der Waals surface area contributed by atoms with Gasteiger partial charge >= 0.3 is 0 Å². The van der Waals surface area contributed by atoms with Crippen LogP contribution in [0.25, 0.3) is 0 Å². The van der Waals surface area contributed by atoms with Crippen molar-refractivity contribution in [3.05, 3.63) is 64.9 Å². The van der Waals surface area contributed by atoms with E-state index in [1.807, 2.05) is 25.1 Å². The summed E-state index contributed by atoms with van der Waals surface area (Å²) in [5, 5.41) is 4.49. The van der Waals surface area contributed by atoms with Crippen LogP contribution in [0.2, 0.25) is 0 Å². The minimum atomic E-state index is -3.71. The second kappa shape index (κ2) is 7.81. The Hall–Kier alpha value is -2.58. The summed E-state index contributed by atoms with van der Waals surface area (Å²) in [7, 11) is -0.554. The maximum Gasteiger partial charge on any atom is 0.246 e. The van der Waals surface area contributed by atoms with Gasteiger partial charge in [-0.05, 0) is 39.0 Å². The number of rotatable bonds is 7. The molecule has 150 valence electrons. The van der Waals surface area contributed by atoms with Crippen molar-refractivity contribution in [2.24, 2.45) is 0 Å². The third-order valence-corrected chi connectivity index (χ3v) is 6.75. The van der Waals surface area contributed by atoms with Crippen LogP contribution in [0, 0.1) is 20.8 Å². The van der Waals surface area contributed by atoms with Crippen LogP contribution in [0.4, 0.5) is 0 Å². The van der Waals surface area contributed by atoms with Gasteiger partial charge in [-0.3, -0.25) is 4.68 Å². The van der Waals surface area contributed by atoms with Gasteiger partial charge in [0.2, 0.25) is 10.0 Å². The lowest BCUT2D eigenvalue weighted by Gasteiger charge is -2.16. The summed E-state index contributed by atoms with van der Waals surface area (Å²) < 4.78 is 40.0. The first-order valence-corrected chi connectivity index (χ1v) is 10.3. The molecule has 0 saturated heterocycles. The quantitative estimate of drug-likeness (QED) is 0.605. The molecular formula is C20H25N3O4S. The molecule has 2 aromatic heterocycles. The Morgan fingerprint density at radius 3 is 2.61 bits per heavy atom. The second-order valence-corrected chi connectivity index (χ2v) is 8.80. The Bertz CT molecular complexity index is 1070. The SMILES string of the molecule is COc1ccc(C)cc1Cn1nc(C)c(S(=O)(=O)N(C)Cc2ccco2)c1C. The molecule has 0 N–H and O–H groups in total. The van der Waals surface area contributed by atoms with E-state index in [1.165, 1.54) is 17.6 Å². The summed E-state index contributed by atoms with van der Waals surface area (Å²) in [6.45, 7) is 6.07. The molecule has 0 spiro atoms. The molecule has 0 unspecified atom stereocenters. The molecule has 0 aliphatic heterocycles. The van der Waals surface area contributed by atoms with Gasteiger partial charge in [0.15, 0.2) is 0 Å². The van der Waals surface area contributed by atoms with Crippen molar-refractivity contribution in [3.63, 3.8) is 0 Å². The van der Waals surface area contributed by atoms with Gasteiger partial charge in [-0.15, -0.1) is 0 Å². The molecule has 8 heteroatoms. The highest BCUT2D eigenvalue weighted by Crippen LogP contribution is 2.26. The fraction of sp³-hybridized carbons (Fsp3) is 0.350. The van der Waals surface area contributed by atoms with Crippen LogP contribution in [-0.4, -0.2) is 36.7 Å². The number of nitrogens with zero attached hydrogens (tertiary/aromatic N) is 3. The van der Waals surface area contributed by atoms with Gasteiger partial charge in [0, 0.05) is 12.6 Å². The minimum Gasteiger partial charge on any atom is -0.496 e. The van der Waals surface area contributed by atoms with Crippen LogP contribution in [0.3, 0.4) is 0 Å². The molecule has 7 nitrogen and oxygen atoms in total. The van der Waals surface area contributed by atoms with Gasteiger partial charge < -0.3 is 9.15 Å². The van der Waals surface area contributed by atoms with E-state index in [4.69, 9.17) is 9.15 Å². The Kier molecular flexibility index (Phi) is 5.62. The van der Waals surface area contributed by atoms with Crippen molar-refractivity contribution in [2.75, 3.05) is 14.2 Å². The normalized spacial score (nSPS) is 11.9. The van der Waals surface area contributed by atoms with E-state index in [1.54, 1.807) is 37.8 Å². The van der Waals surface area contributed by atoms with E-state index in [0.717, 1.165) is 16.9 Å². The lowest BCUT2D eigenvalue weighted by molar-refractivity contribution is 0.405. The highest BCUT2D eigenvalue weighted by molar-refractivity contribution is 7.89. The number of furan rings is 1. The topological polar surface area (TPSA) is 77.6 Å². The molecule has 0 atom stereocenters. The number of hydrogen-bond acceptors (Lipinski definition) is 5. The molecule has 28 heavy (non-hydrogen) atoms. The smallest absolute Gasteiger partial charge is 0.246 e. The Morgan fingerprint density at radius 2 is 1.96 bits per heavy atom. The number of ether oxygens (including phenoxy) is 1. The molecular weight excluding hydrogens is 378 g/mol. The summed E-state index contributed by atoms with van der Waals surface area (Å²) >= 11 is 0. The van der Waals surface area contributed by atoms with Gasteiger partial charge in [0.05, 0.1) is 37.9 Å². The zero-order valence-corrected chi connectivity index (χ0v) is 17.6. The van der Waals surface area contributed by atoms with Crippen LogP contribution in [0.5, 0.6) is 5.75 Å². The lowest BCUT2D eigenvalue weighted by Crippen LogP contribution is -2.27. The van der Waals surface area contributed by atoms with Crippen molar-refractivity contribution in [2.45, 2.75) is 38.8 Å². The van der Waals surface area contributed by atoms with E-state index in [-0.39, 0.29) is 11.4 Å². The number of sulfonamides is 1. The van der Waals surface area contributed by atoms with Crippen LogP contribution in [0.1, 0.15) is 28.3 Å². The Balaban J connectivity index is 1.94. The minimum absolute atomic E-state index is 0.158. The zero-order valence-electron chi connectivity index (χ0n) is 16.8. The van der Waals surface area contributed by atoms with Gasteiger partial charge in [-0.1, -0.05) is 17.7 Å². The molecule has 0 saturated carbocycles. The average molecular weight is 404 g/mol. The molecule has 3 rings (SSSR count). The molecule has 0 radical (unpaired) electrons. The van der Waals surface area contributed by atoms with E-state index in [9.17, 15) is 8.42 Å². The van der Waals surface area contributed by atoms with E-state index in [0.29, 0.717) is 23.7 Å². The first kappa shape index (κ1) is 20.2. The average Bonchev–Trinajstić information content (AvgIpc) is 3.23. The summed E-state index contributed by atoms with van der Waals surface area (Å²) in [5.41, 5.74) is 3.10. The van der Waals surface area contributed by atoms with Gasteiger partial charge in [-0.2, -0.15) is 9.40 Å². The molecule has 0 aliphatic carbocycles. The van der Waals surface area contributed by atoms with Gasteiger partial charge in [-0.25, -0.2) is 8.42 Å². The van der Waals surface area contributed by atoms with Crippen LogP contribution >= 0.6 is 0 Å². The third-order valence-electron chi connectivity index (χ3n) is 4.70. The number of methoxy groups -OCH3 is 1. The van der Waals surface area contributed by atoms with Crippen molar-refractivity contribution >= 4 is 10.0 Å². The molecule has 0 aliphatic rings. The van der Waals surface area contributed by atoms with Crippen LogP contribution < -0.4 is 4.74 Å². The number of benzene rings is 1. The molecule has 3 aromatic rings. The first-order chi connectivity index (χ1) is 13.2. The third kappa shape index (κ3) is 3.83. The molecule has 0 fully saturated rings.